The summed E-state index contributed by atoms with van der Waals surface area (Å²) in [6.45, 7) is 0. The van der Waals surface area contributed by atoms with Crippen molar-refractivity contribution in [2.45, 2.75) is 12.3 Å². The minimum absolute atomic E-state index is 0.0178. The highest BCUT2D eigenvalue weighted by Gasteiger charge is 2.33. The quantitative estimate of drug-likeness (QED) is 0.390. The van der Waals surface area contributed by atoms with E-state index >= 15 is 0 Å². The molecule has 1 atom stereocenters. The van der Waals surface area contributed by atoms with Crippen LogP contribution in [0.5, 0.6) is 17.2 Å². The van der Waals surface area contributed by atoms with Gasteiger partial charge in [0.05, 0.1) is 12.0 Å². The van der Waals surface area contributed by atoms with Gasteiger partial charge in [-0.3, -0.25) is 9.59 Å². The fraction of sp³-hybridized carbons (Fsp3) is 0.0909. The normalized spacial score (nSPS) is 15.6. The lowest BCUT2D eigenvalue weighted by Crippen LogP contribution is -2.21. The summed E-state index contributed by atoms with van der Waals surface area (Å²) in [6, 6.07) is 15.7. The average Bonchev–Trinajstić information content (AvgIpc) is 2.68. The number of rotatable bonds is 3. The highest BCUT2D eigenvalue weighted by Crippen LogP contribution is 2.45. The number of hydrogen-bond donors (Lipinski definition) is 2. The standard InChI is InChI=1S/C22H15ClO5/c23-14-5-1-13(2-6-14)21(26)16-9-10-18-20(22(16)27)17(11-19(25)28-18)12-3-7-15(24)8-4-12/h1-10,17,24,27H,11H2/t17-/m0/s1. The Labute approximate surface area is 165 Å². The molecule has 3 aromatic carbocycles. The van der Waals surface area contributed by atoms with Crippen LogP contribution in [0.1, 0.15) is 39.4 Å². The molecule has 0 aliphatic carbocycles. The molecule has 4 rings (SSSR count). The number of carbonyl (C=O) groups is 2. The summed E-state index contributed by atoms with van der Waals surface area (Å²) in [5.41, 5.74) is 1.60. The van der Waals surface area contributed by atoms with Gasteiger partial charge in [0.2, 0.25) is 0 Å². The van der Waals surface area contributed by atoms with E-state index in [1.54, 1.807) is 36.4 Å². The van der Waals surface area contributed by atoms with Crippen LogP contribution < -0.4 is 4.74 Å². The minimum Gasteiger partial charge on any atom is -0.508 e. The maximum atomic E-state index is 12.9. The van der Waals surface area contributed by atoms with Crippen LogP contribution >= 0.6 is 11.6 Å². The Morgan fingerprint density at radius 3 is 2.32 bits per heavy atom. The van der Waals surface area contributed by atoms with E-state index in [2.05, 4.69) is 0 Å². The third kappa shape index (κ3) is 3.21. The number of hydrogen-bond acceptors (Lipinski definition) is 5. The van der Waals surface area contributed by atoms with Crippen LogP contribution in [0.2, 0.25) is 5.02 Å². The lowest BCUT2D eigenvalue weighted by molar-refractivity contribution is -0.135. The second-order valence-electron chi connectivity index (χ2n) is 6.53. The Morgan fingerprint density at radius 1 is 0.964 bits per heavy atom. The van der Waals surface area contributed by atoms with Gasteiger partial charge in [0.1, 0.15) is 17.2 Å². The number of fused-ring (bicyclic) bond motifs is 1. The zero-order valence-electron chi connectivity index (χ0n) is 14.6. The van der Waals surface area contributed by atoms with Gasteiger partial charge in [-0.1, -0.05) is 23.7 Å². The zero-order chi connectivity index (χ0) is 19.8. The molecule has 2 N–H and O–H groups in total. The minimum atomic E-state index is -0.491. The van der Waals surface area contributed by atoms with Crippen molar-refractivity contribution in [1.29, 1.82) is 0 Å². The number of ketones is 1. The number of phenolic OH excluding ortho intramolecular Hbond substituents is 2. The van der Waals surface area contributed by atoms with Gasteiger partial charge in [0.15, 0.2) is 5.78 Å². The second-order valence-corrected chi connectivity index (χ2v) is 6.97. The van der Waals surface area contributed by atoms with Crippen LogP contribution in [-0.4, -0.2) is 22.0 Å². The Kier molecular flexibility index (Phi) is 4.53. The zero-order valence-corrected chi connectivity index (χ0v) is 15.3. The molecular formula is C22H15ClO5. The summed E-state index contributed by atoms with van der Waals surface area (Å²) in [7, 11) is 0. The Hall–Kier alpha value is -3.31. The number of halogens is 1. The van der Waals surface area contributed by atoms with Gasteiger partial charge >= 0.3 is 5.97 Å². The summed E-state index contributed by atoms with van der Waals surface area (Å²) in [5, 5.41) is 20.9. The van der Waals surface area contributed by atoms with Crippen molar-refractivity contribution in [3.05, 3.63) is 87.9 Å². The highest BCUT2D eigenvalue weighted by molar-refractivity contribution is 6.30. The Bertz CT molecular complexity index is 1070. The van der Waals surface area contributed by atoms with Crippen molar-refractivity contribution >= 4 is 23.4 Å². The maximum Gasteiger partial charge on any atom is 0.312 e. The fourth-order valence-corrected chi connectivity index (χ4v) is 3.51. The average molecular weight is 395 g/mol. The maximum absolute atomic E-state index is 12.9. The van der Waals surface area contributed by atoms with Gasteiger partial charge in [-0.2, -0.15) is 0 Å². The van der Waals surface area contributed by atoms with Crippen molar-refractivity contribution in [2.75, 3.05) is 0 Å². The molecule has 0 unspecified atom stereocenters. The summed E-state index contributed by atoms with van der Waals surface area (Å²) in [6.07, 6.45) is 0.0178. The molecule has 0 aromatic heterocycles. The van der Waals surface area contributed by atoms with E-state index in [4.69, 9.17) is 16.3 Å². The molecule has 28 heavy (non-hydrogen) atoms. The monoisotopic (exact) mass is 394 g/mol. The third-order valence-corrected chi connectivity index (χ3v) is 5.02. The van der Waals surface area contributed by atoms with Gasteiger partial charge in [0, 0.05) is 22.1 Å². The summed E-state index contributed by atoms with van der Waals surface area (Å²) in [4.78, 5) is 24.9. The predicted molar refractivity (Wildman–Crippen MR) is 103 cm³/mol. The Morgan fingerprint density at radius 2 is 1.64 bits per heavy atom. The molecular weight excluding hydrogens is 380 g/mol. The van der Waals surface area contributed by atoms with Crippen LogP contribution in [-0.2, 0) is 4.79 Å². The van der Waals surface area contributed by atoms with E-state index in [-0.39, 0.29) is 35.0 Å². The second kappa shape index (κ2) is 7.02. The Balaban J connectivity index is 1.82. The molecule has 3 aromatic rings. The van der Waals surface area contributed by atoms with Crippen LogP contribution in [0.25, 0.3) is 0 Å². The molecule has 140 valence electrons. The lowest BCUT2D eigenvalue weighted by Gasteiger charge is -2.26. The van der Waals surface area contributed by atoms with Crippen LogP contribution in [0.15, 0.2) is 60.7 Å². The molecule has 6 heteroatoms. The molecule has 5 nitrogen and oxygen atoms in total. The number of aromatic hydroxyl groups is 2. The summed E-state index contributed by atoms with van der Waals surface area (Å²) >= 11 is 5.87. The van der Waals surface area contributed by atoms with Gasteiger partial charge < -0.3 is 14.9 Å². The van der Waals surface area contributed by atoms with Gasteiger partial charge in [0.25, 0.3) is 0 Å². The van der Waals surface area contributed by atoms with Crippen molar-refractivity contribution in [3.8, 4) is 17.2 Å². The molecule has 0 amide bonds. The first-order valence-electron chi connectivity index (χ1n) is 8.60. The molecule has 0 saturated carbocycles. The van der Waals surface area contributed by atoms with E-state index in [0.29, 0.717) is 16.1 Å². The largest absolute Gasteiger partial charge is 0.508 e. The summed E-state index contributed by atoms with van der Waals surface area (Å²) in [5.74, 6) is -1.18. The van der Waals surface area contributed by atoms with E-state index in [1.165, 1.54) is 24.3 Å². The van der Waals surface area contributed by atoms with Crippen LogP contribution in [0, 0.1) is 0 Å². The van der Waals surface area contributed by atoms with Gasteiger partial charge in [-0.25, -0.2) is 0 Å². The number of esters is 1. The molecule has 0 spiro atoms. The lowest BCUT2D eigenvalue weighted by atomic mass is 9.84. The molecule has 0 bridgehead atoms. The van der Waals surface area contributed by atoms with Crippen LogP contribution in [0.3, 0.4) is 0 Å². The fourth-order valence-electron chi connectivity index (χ4n) is 3.38. The number of benzene rings is 3. The number of ether oxygens (including phenoxy) is 1. The van der Waals surface area contributed by atoms with E-state index in [0.717, 1.165) is 5.56 Å². The molecule has 0 radical (unpaired) electrons. The smallest absolute Gasteiger partial charge is 0.312 e. The predicted octanol–water partition coefficient (Wildman–Crippen LogP) is 4.42. The topological polar surface area (TPSA) is 83.8 Å². The first-order chi connectivity index (χ1) is 13.4. The molecule has 0 fully saturated rings. The number of phenols is 2. The van der Waals surface area contributed by atoms with Crippen molar-refractivity contribution in [1.82, 2.24) is 0 Å². The SMILES string of the molecule is O=C1C[C@@H](c2ccc(O)cc2)c2c(ccc(C(=O)c3ccc(Cl)cc3)c2O)O1. The van der Waals surface area contributed by atoms with Gasteiger partial charge in [-0.05, 0) is 54.1 Å². The van der Waals surface area contributed by atoms with Gasteiger partial charge in [-0.15, -0.1) is 0 Å². The van der Waals surface area contributed by atoms with Crippen molar-refractivity contribution < 1.29 is 24.5 Å². The molecule has 1 aliphatic rings. The highest BCUT2D eigenvalue weighted by atomic mass is 35.5. The van der Waals surface area contributed by atoms with Crippen molar-refractivity contribution in [3.63, 3.8) is 0 Å². The summed E-state index contributed by atoms with van der Waals surface area (Å²) < 4.78 is 5.27. The van der Waals surface area contributed by atoms with E-state index in [9.17, 15) is 19.8 Å². The third-order valence-electron chi connectivity index (χ3n) is 4.77. The number of carbonyl (C=O) groups excluding carboxylic acids is 2. The van der Waals surface area contributed by atoms with E-state index in [1.807, 2.05) is 0 Å². The van der Waals surface area contributed by atoms with E-state index < -0.39 is 11.9 Å². The first-order valence-corrected chi connectivity index (χ1v) is 8.97. The molecule has 1 heterocycles. The van der Waals surface area contributed by atoms with Crippen LogP contribution in [0.4, 0.5) is 0 Å². The van der Waals surface area contributed by atoms with Crippen molar-refractivity contribution in [2.24, 2.45) is 0 Å². The first kappa shape index (κ1) is 18.1. The molecule has 1 aliphatic heterocycles. The molecule has 0 saturated heterocycles.